The van der Waals surface area contributed by atoms with Gasteiger partial charge in [-0.3, -0.25) is 0 Å². The third-order valence-electron chi connectivity index (χ3n) is 9.64. The summed E-state index contributed by atoms with van der Waals surface area (Å²) >= 11 is 0. The number of hydrogen-bond acceptors (Lipinski definition) is 0. The van der Waals surface area contributed by atoms with Crippen LogP contribution in [0.1, 0.15) is 0 Å². The van der Waals surface area contributed by atoms with E-state index >= 15 is 0 Å². The second-order valence-corrected chi connectivity index (χ2v) is 16.9. The van der Waals surface area contributed by atoms with Crippen LogP contribution in [0.5, 0.6) is 0 Å². The van der Waals surface area contributed by atoms with Crippen molar-refractivity contribution in [1.29, 1.82) is 0 Å². The van der Waals surface area contributed by atoms with Crippen LogP contribution in [-0.4, -0.2) is 590 Å². The van der Waals surface area contributed by atoms with Crippen LogP contribution in [0, 0.1) is 0 Å². The van der Waals surface area contributed by atoms with Crippen LogP contribution >= 0.6 is 0 Å². The van der Waals surface area contributed by atoms with Gasteiger partial charge in [-0.1, -0.05) is 0 Å². The van der Waals surface area contributed by atoms with Crippen LogP contribution in [0.25, 0.3) is 0 Å². The van der Waals surface area contributed by atoms with Crippen LogP contribution in [0.2, 0.25) is 6.82 Å². The van der Waals surface area contributed by atoms with Crippen LogP contribution in [0.15, 0.2) is 0 Å². The first-order valence-corrected chi connectivity index (χ1v) is 29.6. The average Bonchev–Trinajstić information content (AvgIpc) is 3.54. The predicted octanol–water partition coefficient (Wildman–Crippen LogP) is -32.9. The standard InChI is InChI=1S/CH3B88/c1-3-5-7-9-11-13-15-17-19-21-23-25-27-29-31-33-35-37-39-41-43-45-47-49-51-53-55-57-59-61-63-65-67-69-71-73-75-77-79-81-83-85-87-89-88-86-84-82-80-78-76-74-72-70-68-66-64-62-60-58-56-54-52-50-48-46-44-42-40-38-36-34-32-30-28-26-24-22-20-18-16-14-12-10-8-6-4-2/h1H3. The summed E-state index contributed by atoms with van der Waals surface area (Å²) in [6.07, 6.45) is 0. The zero-order valence-electron chi connectivity index (χ0n) is 51.8. The van der Waals surface area contributed by atoms with Gasteiger partial charge in [0.15, 0.2) is 0 Å². The molecule has 1 radical (unpaired) electrons. The van der Waals surface area contributed by atoms with E-state index in [-0.39, 0.29) is 0 Å². The van der Waals surface area contributed by atoms with Crippen molar-refractivity contribution in [2.75, 3.05) is 0 Å². The monoisotopic (exact) mass is 984 g/mol. The molecule has 89 heavy (non-hydrogen) atoms. The molecule has 0 atom stereocenters. The Morgan fingerprint density at radius 2 is 0.146 bits per heavy atom. The molecular weight excluding hydrogens is 963 g/mol. The molecule has 88 heteroatoms. The van der Waals surface area contributed by atoms with Gasteiger partial charge in [-0.2, -0.15) is 0 Å². The van der Waals surface area contributed by atoms with Crippen molar-refractivity contribution in [1.82, 2.24) is 0 Å². The summed E-state index contributed by atoms with van der Waals surface area (Å²) in [5, 5.41) is 0. The van der Waals surface area contributed by atoms with Gasteiger partial charge in [-0.25, -0.2) is 0 Å². The number of hydrogen-bond donors (Lipinski definition) is 0. The first-order chi connectivity index (χ1) is 44.4. The maximum absolute atomic E-state index is 5.27. The van der Waals surface area contributed by atoms with Crippen molar-refractivity contribution in [3.05, 3.63) is 0 Å². The van der Waals surface area contributed by atoms with Crippen LogP contribution in [-0.2, 0) is 0 Å². The molecule has 0 bridgehead atoms. The third-order valence-corrected chi connectivity index (χ3v) is 9.64. The Labute approximate surface area is 590 Å². The molecule has 0 aromatic rings. The van der Waals surface area contributed by atoms with Gasteiger partial charge >= 0.3 is 597 Å². The van der Waals surface area contributed by atoms with Crippen molar-refractivity contribution in [2.24, 2.45) is 0 Å². The van der Waals surface area contributed by atoms with Gasteiger partial charge in [0.25, 0.3) is 0 Å². The average molecular weight is 966 g/mol. The van der Waals surface area contributed by atoms with Crippen molar-refractivity contribution in [3.63, 3.8) is 0 Å². The van der Waals surface area contributed by atoms with Crippen molar-refractivity contribution in [3.8, 4) is 0 Å². The summed E-state index contributed by atoms with van der Waals surface area (Å²) in [7, 11) is 5.27. The summed E-state index contributed by atoms with van der Waals surface area (Å²) in [6, 6.07) is 0. The third kappa shape index (κ3) is 93.7. The first-order valence-electron chi connectivity index (χ1n) is 29.6. The van der Waals surface area contributed by atoms with E-state index in [0.29, 0.717) is 0 Å². The molecule has 0 aliphatic rings. The molecule has 0 saturated carbocycles. The van der Waals surface area contributed by atoms with Crippen LogP contribution in [0.4, 0.5) is 0 Å². The molecule has 0 rings (SSSR count). The summed E-state index contributed by atoms with van der Waals surface area (Å²) < 4.78 is 0. The molecule has 0 fully saturated rings. The van der Waals surface area contributed by atoms with Gasteiger partial charge in [-0.05, 0) is 0 Å². The molecule has 0 nitrogen and oxygen atoms in total. The quantitative estimate of drug-likeness (QED) is 0.0534. The van der Waals surface area contributed by atoms with E-state index in [4.69, 9.17) is 7.37 Å². The summed E-state index contributed by atoms with van der Waals surface area (Å²) in [6.45, 7) is 175. The van der Waals surface area contributed by atoms with E-state index < -0.39 is 0 Å². The molecular formula is CH3B88. The zero-order valence-corrected chi connectivity index (χ0v) is 51.8. The van der Waals surface area contributed by atoms with Gasteiger partial charge in [0.2, 0.25) is 0 Å². The molecule has 0 aliphatic heterocycles. The predicted molar refractivity (Wildman–Crippen MR) is 512 cm³/mol. The Bertz CT molecular complexity index is 3220. The molecule has 271 valence electrons. The summed E-state index contributed by atoms with van der Waals surface area (Å²) in [5.74, 6) is 0. The fourth-order valence-electron chi connectivity index (χ4n) is 5.50. The molecule has 0 amide bonds. The van der Waals surface area contributed by atoms with E-state index in [1.807, 2.05) is 576 Å². The minimum absolute atomic E-state index is 1.50. The van der Waals surface area contributed by atoms with E-state index in [9.17, 15) is 0 Å². The first kappa shape index (κ1) is 94.7. The van der Waals surface area contributed by atoms with Gasteiger partial charge in [0.05, 0.1) is 0 Å². The van der Waals surface area contributed by atoms with Crippen molar-refractivity contribution < 1.29 is 0 Å². The second-order valence-electron chi connectivity index (χ2n) is 16.9. The van der Waals surface area contributed by atoms with Crippen molar-refractivity contribution in [2.45, 2.75) is 6.82 Å². The van der Waals surface area contributed by atoms with Crippen LogP contribution < -0.4 is 0 Å². The molecule has 0 aromatic carbocycles. The summed E-state index contributed by atoms with van der Waals surface area (Å²) in [4.78, 5) is 0. The summed E-state index contributed by atoms with van der Waals surface area (Å²) in [5.41, 5.74) is 0. The molecule has 0 N–H and O–H groups in total. The normalized spacial score (nSPS) is 7.82. The Hall–Kier alpha value is 5.71. The topological polar surface area (TPSA) is 0 Å². The van der Waals surface area contributed by atoms with Gasteiger partial charge in [0.1, 0.15) is 0 Å². The molecule has 0 aliphatic carbocycles. The second kappa shape index (κ2) is 93.7. The molecule has 0 aromatic heterocycles. The molecule has 0 saturated heterocycles. The van der Waals surface area contributed by atoms with Crippen molar-refractivity contribution >= 4 is 590 Å². The fraction of sp³-hybridized carbons (Fsp3) is 1.00. The fourth-order valence-corrected chi connectivity index (χ4v) is 5.50. The van der Waals surface area contributed by atoms with E-state index in [2.05, 4.69) is 0 Å². The molecule has 0 spiro atoms. The SMILES string of the molecule is [B]=BB=BB=BB=BB=BB=BB=BB=BB=BB=BB=BB=BB=BB=BB=BB=BB=BB=BB=BB=BB=BB=BB=BB=BB=BB=BB=BB=BB=BB=BB=BB=BB=BB=BB=BB=BB=BB=BB=BB=BB=BB=BB=BB=BC. The van der Waals surface area contributed by atoms with E-state index in [1.54, 1.807) is 6.69 Å². The van der Waals surface area contributed by atoms with E-state index in [0.717, 1.165) is 0 Å². The molecule has 0 unspecified atom stereocenters. The Balaban J connectivity index is 4.11. The van der Waals surface area contributed by atoms with Gasteiger partial charge < -0.3 is 0 Å². The zero-order chi connectivity index (χ0) is 63.5. The Kier molecular flexibility index (Phi) is 99.7. The molecule has 0 heterocycles. The van der Waals surface area contributed by atoms with Gasteiger partial charge in [-0.15, -0.1) is 0 Å². The minimum atomic E-state index is 1.50. The Morgan fingerprint density at radius 3 is 0.202 bits per heavy atom. The van der Waals surface area contributed by atoms with Gasteiger partial charge in [0, 0.05) is 0 Å². The Morgan fingerprint density at radius 1 is 0.0899 bits per heavy atom. The van der Waals surface area contributed by atoms with Crippen LogP contribution in [0.3, 0.4) is 0 Å². The van der Waals surface area contributed by atoms with E-state index in [1.165, 1.54) is 6.69 Å². The number of rotatable bonds is 43. The maximum atomic E-state index is 5.27.